The van der Waals surface area contributed by atoms with Crippen molar-refractivity contribution < 1.29 is 0 Å². The Balaban J connectivity index is 3.12. The SMILES string of the molecule is CCCC(C)c1nc(CC)n(C(C)C)c1N. The highest BCUT2D eigenvalue weighted by molar-refractivity contribution is 5.41. The Morgan fingerprint density at radius 1 is 1.25 bits per heavy atom. The molecule has 1 heterocycles. The standard InChI is InChI=1S/C13H25N3/c1-6-8-10(5)12-13(14)16(9(3)4)11(7-2)15-12/h9-10H,6-8,14H2,1-5H3. The largest absolute Gasteiger partial charge is 0.384 e. The minimum absolute atomic E-state index is 0.394. The van der Waals surface area contributed by atoms with E-state index in [0.29, 0.717) is 12.0 Å². The Morgan fingerprint density at radius 2 is 1.88 bits per heavy atom. The molecule has 0 aliphatic heterocycles. The smallest absolute Gasteiger partial charge is 0.127 e. The molecule has 0 aliphatic carbocycles. The zero-order chi connectivity index (χ0) is 12.3. The van der Waals surface area contributed by atoms with Gasteiger partial charge in [0.15, 0.2) is 0 Å². The molecular weight excluding hydrogens is 198 g/mol. The Bertz CT molecular complexity index is 339. The lowest BCUT2D eigenvalue weighted by Gasteiger charge is -2.13. The lowest BCUT2D eigenvalue weighted by Crippen LogP contribution is -2.09. The number of aromatic nitrogens is 2. The van der Waals surface area contributed by atoms with Crippen LogP contribution in [0.25, 0.3) is 0 Å². The average Bonchev–Trinajstić information content (AvgIpc) is 2.55. The van der Waals surface area contributed by atoms with Crippen LogP contribution in [0.15, 0.2) is 0 Å². The van der Waals surface area contributed by atoms with Crippen LogP contribution < -0.4 is 5.73 Å². The average molecular weight is 223 g/mol. The molecule has 3 nitrogen and oxygen atoms in total. The monoisotopic (exact) mass is 223 g/mol. The van der Waals surface area contributed by atoms with Crippen molar-refractivity contribution >= 4 is 5.82 Å². The molecule has 1 rings (SSSR count). The number of imidazole rings is 1. The third-order valence-corrected chi connectivity index (χ3v) is 3.07. The summed E-state index contributed by atoms with van der Waals surface area (Å²) in [6, 6.07) is 0.394. The summed E-state index contributed by atoms with van der Waals surface area (Å²) < 4.78 is 2.17. The first kappa shape index (κ1) is 13.1. The van der Waals surface area contributed by atoms with Crippen LogP contribution in [0.3, 0.4) is 0 Å². The quantitative estimate of drug-likeness (QED) is 0.830. The molecule has 92 valence electrons. The molecule has 0 aliphatic rings. The topological polar surface area (TPSA) is 43.8 Å². The van der Waals surface area contributed by atoms with Crippen molar-refractivity contribution in [2.75, 3.05) is 5.73 Å². The van der Waals surface area contributed by atoms with Gasteiger partial charge in [0.25, 0.3) is 0 Å². The fraction of sp³-hybridized carbons (Fsp3) is 0.769. The second-order valence-corrected chi connectivity index (χ2v) is 4.81. The molecule has 0 amide bonds. The Hall–Kier alpha value is -0.990. The first-order valence-corrected chi connectivity index (χ1v) is 6.39. The van der Waals surface area contributed by atoms with Crippen molar-refractivity contribution in [1.29, 1.82) is 0 Å². The van der Waals surface area contributed by atoms with Gasteiger partial charge in [0.1, 0.15) is 11.6 Å². The van der Waals surface area contributed by atoms with Crippen LogP contribution in [-0.2, 0) is 6.42 Å². The second-order valence-electron chi connectivity index (χ2n) is 4.81. The highest BCUT2D eigenvalue weighted by Gasteiger charge is 2.19. The predicted octanol–water partition coefficient (Wildman–Crippen LogP) is 3.51. The number of hydrogen-bond acceptors (Lipinski definition) is 2. The first-order valence-electron chi connectivity index (χ1n) is 6.39. The maximum Gasteiger partial charge on any atom is 0.127 e. The van der Waals surface area contributed by atoms with Crippen LogP contribution in [0.4, 0.5) is 5.82 Å². The number of hydrogen-bond donors (Lipinski definition) is 1. The van der Waals surface area contributed by atoms with Gasteiger partial charge in [-0.2, -0.15) is 0 Å². The zero-order valence-corrected chi connectivity index (χ0v) is 11.2. The number of aryl methyl sites for hydroxylation is 1. The van der Waals surface area contributed by atoms with Crippen molar-refractivity contribution in [3.8, 4) is 0 Å². The van der Waals surface area contributed by atoms with E-state index in [1.807, 2.05) is 0 Å². The van der Waals surface area contributed by atoms with Crippen LogP contribution >= 0.6 is 0 Å². The minimum atomic E-state index is 0.394. The lowest BCUT2D eigenvalue weighted by molar-refractivity contribution is 0.578. The first-order chi connectivity index (χ1) is 7.52. The van der Waals surface area contributed by atoms with Gasteiger partial charge in [-0.05, 0) is 20.3 Å². The van der Waals surface area contributed by atoms with E-state index in [0.717, 1.165) is 30.2 Å². The molecule has 3 heteroatoms. The van der Waals surface area contributed by atoms with E-state index in [2.05, 4.69) is 39.2 Å². The molecule has 1 unspecified atom stereocenters. The molecule has 0 aromatic carbocycles. The van der Waals surface area contributed by atoms with Gasteiger partial charge in [-0.1, -0.05) is 27.2 Å². The van der Waals surface area contributed by atoms with Gasteiger partial charge in [-0.15, -0.1) is 0 Å². The normalized spacial score (nSPS) is 13.4. The number of nitrogens with zero attached hydrogens (tertiary/aromatic N) is 2. The van der Waals surface area contributed by atoms with E-state index >= 15 is 0 Å². The van der Waals surface area contributed by atoms with Crippen molar-refractivity contribution in [1.82, 2.24) is 9.55 Å². The van der Waals surface area contributed by atoms with Gasteiger partial charge in [-0.25, -0.2) is 4.98 Å². The van der Waals surface area contributed by atoms with E-state index < -0.39 is 0 Å². The van der Waals surface area contributed by atoms with Gasteiger partial charge < -0.3 is 10.3 Å². The molecule has 16 heavy (non-hydrogen) atoms. The van der Waals surface area contributed by atoms with Crippen molar-refractivity contribution in [3.05, 3.63) is 11.5 Å². The summed E-state index contributed by atoms with van der Waals surface area (Å²) in [6.07, 6.45) is 3.28. The summed E-state index contributed by atoms with van der Waals surface area (Å²) >= 11 is 0. The maximum atomic E-state index is 6.21. The molecule has 1 atom stereocenters. The Kier molecular flexibility index (Phi) is 4.39. The van der Waals surface area contributed by atoms with Crippen molar-refractivity contribution in [2.45, 2.75) is 65.8 Å². The molecule has 0 saturated carbocycles. The second kappa shape index (κ2) is 5.37. The van der Waals surface area contributed by atoms with Gasteiger partial charge in [-0.3, -0.25) is 0 Å². The molecule has 0 spiro atoms. The highest BCUT2D eigenvalue weighted by atomic mass is 15.2. The van der Waals surface area contributed by atoms with E-state index in [-0.39, 0.29) is 0 Å². The molecule has 0 radical (unpaired) electrons. The fourth-order valence-electron chi connectivity index (χ4n) is 2.27. The Labute approximate surface area is 99.1 Å². The summed E-state index contributed by atoms with van der Waals surface area (Å²) in [4.78, 5) is 4.71. The highest BCUT2D eigenvalue weighted by Crippen LogP contribution is 2.28. The van der Waals surface area contributed by atoms with Gasteiger partial charge in [0.2, 0.25) is 0 Å². The molecule has 0 saturated heterocycles. The van der Waals surface area contributed by atoms with Crippen LogP contribution in [-0.4, -0.2) is 9.55 Å². The summed E-state index contributed by atoms with van der Waals surface area (Å²) in [6.45, 7) is 10.9. The Morgan fingerprint density at radius 3 is 2.25 bits per heavy atom. The van der Waals surface area contributed by atoms with Gasteiger partial charge in [0, 0.05) is 18.4 Å². The maximum absolute atomic E-state index is 6.21. The van der Waals surface area contributed by atoms with Gasteiger partial charge in [0.05, 0.1) is 5.69 Å². The molecule has 0 fully saturated rings. The summed E-state index contributed by atoms with van der Waals surface area (Å²) in [5.74, 6) is 2.45. The minimum Gasteiger partial charge on any atom is -0.384 e. The summed E-state index contributed by atoms with van der Waals surface area (Å²) in [5, 5.41) is 0. The molecular formula is C13H25N3. The number of nitrogens with two attached hydrogens (primary N) is 1. The van der Waals surface area contributed by atoms with E-state index in [9.17, 15) is 0 Å². The molecule has 0 bridgehead atoms. The lowest BCUT2D eigenvalue weighted by atomic mass is 10.0. The van der Waals surface area contributed by atoms with E-state index in [1.54, 1.807) is 0 Å². The number of rotatable bonds is 5. The van der Waals surface area contributed by atoms with E-state index in [1.165, 1.54) is 6.42 Å². The van der Waals surface area contributed by atoms with Crippen LogP contribution in [0.2, 0.25) is 0 Å². The fourth-order valence-corrected chi connectivity index (χ4v) is 2.27. The predicted molar refractivity (Wildman–Crippen MR) is 69.7 cm³/mol. The molecule has 1 aromatic rings. The van der Waals surface area contributed by atoms with Gasteiger partial charge >= 0.3 is 0 Å². The zero-order valence-electron chi connectivity index (χ0n) is 11.2. The molecule has 2 N–H and O–H groups in total. The molecule has 1 aromatic heterocycles. The van der Waals surface area contributed by atoms with Crippen LogP contribution in [0.5, 0.6) is 0 Å². The van der Waals surface area contributed by atoms with Crippen LogP contribution in [0.1, 0.15) is 70.9 Å². The third kappa shape index (κ3) is 2.39. The summed E-state index contributed by atoms with van der Waals surface area (Å²) in [7, 11) is 0. The van der Waals surface area contributed by atoms with Crippen LogP contribution in [0, 0.1) is 0 Å². The van der Waals surface area contributed by atoms with Crippen molar-refractivity contribution in [2.24, 2.45) is 0 Å². The third-order valence-electron chi connectivity index (χ3n) is 3.07. The summed E-state index contributed by atoms with van der Waals surface area (Å²) in [5.41, 5.74) is 7.30. The van der Waals surface area contributed by atoms with Crippen molar-refractivity contribution in [3.63, 3.8) is 0 Å². The number of anilines is 1. The van der Waals surface area contributed by atoms with E-state index in [4.69, 9.17) is 10.7 Å². The number of nitrogen functional groups attached to an aromatic ring is 1.